The quantitative estimate of drug-likeness (QED) is 0.813. The third kappa shape index (κ3) is 4.28. The number of carbonyl (C=O) groups excluding carboxylic acids is 1. The van der Waals surface area contributed by atoms with E-state index in [1.807, 2.05) is 7.05 Å². The molecule has 7 nitrogen and oxygen atoms in total. The lowest BCUT2D eigenvalue weighted by atomic mass is 9.88. The van der Waals surface area contributed by atoms with Gasteiger partial charge in [0.05, 0.1) is 24.5 Å². The summed E-state index contributed by atoms with van der Waals surface area (Å²) in [5.74, 6) is 1.27. The highest BCUT2D eigenvalue weighted by molar-refractivity contribution is 5.93. The average Bonchev–Trinajstić information content (AvgIpc) is 3.19. The zero-order valence-electron chi connectivity index (χ0n) is 15.1. The van der Waals surface area contributed by atoms with Gasteiger partial charge in [-0.25, -0.2) is 4.98 Å². The third-order valence-electron chi connectivity index (χ3n) is 4.72. The van der Waals surface area contributed by atoms with Gasteiger partial charge in [-0.1, -0.05) is 19.8 Å². The molecule has 2 aromatic rings. The maximum Gasteiger partial charge on any atom is 0.273 e. The lowest BCUT2D eigenvalue weighted by Crippen LogP contribution is -2.32. The van der Waals surface area contributed by atoms with Crippen LogP contribution in [0.25, 0.3) is 11.5 Å². The molecule has 3 rings (SSSR count). The molecule has 0 radical (unpaired) electrons. The number of carbonyl (C=O) groups is 1. The minimum Gasteiger partial charge on any atom is -0.440 e. The Labute approximate surface area is 147 Å². The number of nitrogens with one attached hydrogen (secondary N) is 1. The van der Waals surface area contributed by atoms with Crippen LogP contribution in [0.3, 0.4) is 0 Å². The van der Waals surface area contributed by atoms with Gasteiger partial charge in [0, 0.05) is 19.8 Å². The van der Waals surface area contributed by atoms with E-state index in [1.165, 1.54) is 19.3 Å². The van der Waals surface area contributed by atoms with Crippen molar-refractivity contribution in [3.63, 3.8) is 0 Å². The second-order valence-electron chi connectivity index (χ2n) is 6.75. The van der Waals surface area contributed by atoms with E-state index in [0.29, 0.717) is 42.5 Å². The average molecular weight is 346 g/mol. The van der Waals surface area contributed by atoms with E-state index in [2.05, 4.69) is 22.3 Å². The van der Waals surface area contributed by atoms with Crippen LogP contribution in [-0.4, -0.2) is 39.9 Å². The zero-order chi connectivity index (χ0) is 17.8. The number of oxazole rings is 1. The number of hydrogen-bond donors (Lipinski definition) is 1. The van der Waals surface area contributed by atoms with Crippen molar-refractivity contribution in [2.75, 3.05) is 13.2 Å². The maximum absolute atomic E-state index is 12.3. The molecule has 0 bridgehead atoms. The van der Waals surface area contributed by atoms with Gasteiger partial charge in [0.15, 0.2) is 5.69 Å². The Kier molecular flexibility index (Phi) is 5.53. The fourth-order valence-corrected chi connectivity index (χ4v) is 3.25. The summed E-state index contributed by atoms with van der Waals surface area (Å²) in [6.07, 6.45) is 8.65. The second-order valence-corrected chi connectivity index (χ2v) is 6.75. The number of rotatable bonds is 6. The minimum absolute atomic E-state index is 0.239. The normalized spacial score (nSPS) is 20.6. The van der Waals surface area contributed by atoms with Crippen LogP contribution in [0.15, 0.2) is 16.8 Å². The van der Waals surface area contributed by atoms with E-state index in [0.717, 1.165) is 12.0 Å². The van der Waals surface area contributed by atoms with E-state index in [1.54, 1.807) is 24.0 Å². The van der Waals surface area contributed by atoms with Gasteiger partial charge in [-0.2, -0.15) is 5.10 Å². The number of ether oxygens (including phenoxy) is 1. The molecule has 0 aromatic carbocycles. The first kappa shape index (κ1) is 17.7. The van der Waals surface area contributed by atoms with E-state index in [4.69, 9.17) is 9.15 Å². The monoisotopic (exact) mass is 346 g/mol. The first-order valence-electron chi connectivity index (χ1n) is 8.91. The Morgan fingerprint density at radius 2 is 2.24 bits per heavy atom. The van der Waals surface area contributed by atoms with Crippen LogP contribution < -0.4 is 5.32 Å². The molecule has 7 heteroatoms. The molecule has 2 aromatic heterocycles. The van der Waals surface area contributed by atoms with E-state index < -0.39 is 0 Å². The molecule has 0 spiro atoms. The Bertz CT molecular complexity index is 722. The van der Waals surface area contributed by atoms with Crippen LogP contribution in [-0.2, 0) is 11.8 Å². The molecule has 1 saturated carbocycles. The molecule has 25 heavy (non-hydrogen) atoms. The van der Waals surface area contributed by atoms with Crippen molar-refractivity contribution >= 4 is 5.91 Å². The number of aryl methyl sites for hydroxylation is 2. The molecule has 1 aliphatic carbocycles. The van der Waals surface area contributed by atoms with E-state index in [-0.39, 0.29) is 5.91 Å². The largest absolute Gasteiger partial charge is 0.440 e. The molecule has 1 aliphatic rings. The SMILES string of the molecule is Cc1oc(-c2cnn(C)c2)nc1C(=O)NCCO[C@@H]1CCCC[C@@H]1C. The zero-order valence-corrected chi connectivity index (χ0v) is 15.1. The highest BCUT2D eigenvalue weighted by Gasteiger charge is 2.22. The number of nitrogens with zero attached hydrogens (tertiary/aromatic N) is 3. The minimum atomic E-state index is -0.239. The number of amides is 1. The third-order valence-corrected chi connectivity index (χ3v) is 4.72. The summed E-state index contributed by atoms with van der Waals surface area (Å²) in [7, 11) is 1.82. The van der Waals surface area contributed by atoms with Gasteiger partial charge in [0.25, 0.3) is 5.91 Å². The van der Waals surface area contributed by atoms with Gasteiger partial charge in [-0.15, -0.1) is 0 Å². The van der Waals surface area contributed by atoms with Crippen LogP contribution in [0.5, 0.6) is 0 Å². The van der Waals surface area contributed by atoms with Crippen LogP contribution in [0.2, 0.25) is 0 Å². The summed E-state index contributed by atoms with van der Waals surface area (Å²) in [6.45, 7) is 4.97. The molecular weight excluding hydrogens is 320 g/mol. The van der Waals surface area contributed by atoms with Crippen molar-refractivity contribution in [3.8, 4) is 11.5 Å². The van der Waals surface area contributed by atoms with Crippen molar-refractivity contribution in [2.24, 2.45) is 13.0 Å². The molecule has 136 valence electrons. The standard InChI is InChI=1S/C18H26N4O3/c1-12-6-4-5-7-15(12)24-9-8-19-17(23)16-13(2)25-18(21-16)14-10-20-22(3)11-14/h10-12,15H,4-9H2,1-3H3,(H,19,23)/t12-,15+/m0/s1. The molecule has 0 unspecified atom stereocenters. The topological polar surface area (TPSA) is 82.2 Å². The Balaban J connectivity index is 1.50. The first-order valence-corrected chi connectivity index (χ1v) is 8.91. The van der Waals surface area contributed by atoms with Crippen molar-refractivity contribution in [3.05, 3.63) is 23.8 Å². The second kappa shape index (κ2) is 7.82. The Morgan fingerprint density at radius 3 is 2.96 bits per heavy atom. The summed E-state index contributed by atoms with van der Waals surface area (Å²) in [6, 6.07) is 0. The summed E-state index contributed by atoms with van der Waals surface area (Å²) < 4.78 is 13.2. The summed E-state index contributed by atoms with van der Waals surface area (Å²) in [5, 5.41) is 6.94. The predicted molar refractivity (Wildman–Crippen MR) is 93.1 cm³/mol. The molecule has 0 aliphatic heterocycles. The van der Waals surface area contributed by atoms with Crippen molar-refractivity contribution in [2.45, 2.75) is 45.6 Å². The summed E-state index contributed by atoms with van der Waals surface area (Å²) >= 11 is 0. The smallest absolute Gasteiger partial charge is 0.273 e. The van der Waals surface area contributed by atoms with E-state index >= 15 is 0 Å². The van der Waals surface area contributed by atoms with Gasteiger partial charge in [0.2, 0.25) is 5.89 Å². The summed E-state index contributed by atoms with van der Waals surface area (Å²) in [4.78, 5) is 16.6. The van der Waals surface area contributed by atoms with Gasteiger partial charge in [-0.05, 0) is 25.7 Å². The molecule has 0 saturated heterocycles. The number of hydrogen-bond acceptors (Lipinski definition) is 5. The molecule has 1 amide bonds. The fraction of sp³-hybridized carbons (Fsp3) is 0.611. The highest BCUT2D eigenvalue weighted by atomic mass is 16.5. The van der Waals surface area contributed by atoms with Crippen LogP contribution in [0.4, 0.5) is 0 Å². The van der Waals surface area contributed by atoms with E-state index in [9.17, 15) is 4.79 Å². The van der Waals surface area contributed by atoms with Gasteiger partial charge in [-0.3, -0.25) is 9.48 Å². The van der Waals surface area contributed by atoms with Crippen molar-refractivity contribution < 1.29 is 13.9 Å². The van der Waals surface area contributed by atoms with Crippen molar-refractivity contribution in [1.29, 1.82) is 0 Å². The molecular formula is C18H26N4O3. The van der Waals surface area contributed by atoms with Gasteiger partial charge >= 0.3 is 0 Å². The van der Waals surface area contributed by atoms with Crippen molar-refractivity contribution in [1.82, 2.24) is 20.1 Å². The van der Waals surface area contributed by atoms with Crippen LogP contribution in [0.1, 0.15) is 48.9 Å². The molecule has 1 N–H and O–H groups in total. The Morgan fingerprint density at radius 1 is 1.44 bits per heavy atom. The number of aromatic nitrogens is 3. The molecule has 2 atom stereocenters. The van der Waals surface area contributed by atoms with Gasteiger partial charge in [0.1, 0.15) is 5.76 Å². The van der Waals surface area contributed by atoms with Crippen LogP contribution in [0, 0.1) is 12.8 Å². The molecule has 1 fully saturated rings. The first-order chi connectivity index (χ1) is 12.0. The van der Waals surface area contributed by atoms with Gasteiger partial charge < -0.3 is 14.5 Å². The lowest BCUT2D eigenvalue weighted by Gasteiger charge is -2.28. The predicted octanol–water partition coefficient (Wildman–Crippen LogP) is 2.71. The van der Waals surface area contributed by atoms with Crippen LogP contribution >= 0.6 is 0 Å². The maximum atomic E-state index is 12.3. The summed E-state index contributed by atoms with van der Waals surface area (Å²) in [5.41, 5.74) is 1.06. The highest BCUT2D eigenvalue weighted by Crippen LogP contribution is 2.26. The molecule has 2 heterocycles. The Hall–Kier alpha value is -2.15. The lowest BCUT2D eigenvalue weighted by molar-refractivity contribution is -0.00295. The fourth-order valence-electron chi connectivity index (χ4n) is 3.25.